The summed E-state index contributed by atoms with van der Waals surface area (Å²) in [4.78, 5) is 43.0. The van der Waals surface area contributed by atoms with E-state index in [2.05, 4.69) is 21.3 Å². The molecule has 0 fully saturated rings. The lowest BCUT2D eigenvalue weighted by atomic mass is 10.2. The zero-order chi connectivity index (χ0) is 35.9. The van der Waals surface area contributed by atoms with Crippen molar-refractivity contribution in [2.75, 3.05) is 28.2 Å². The molecule has 0 aliphatic rings. The molecule has 0 bridgehead atoms. The van der Waals surface area contributed by atoms with Crippen LogP contribution in [0.15, 0.2) is 97.1 Å². The van der Waals surface area contributed by atoms with Crippen LogP contribution in [0.3, 0.4) is 0 Å². The van der Waals surface area contributed by atoms with Gasteiger partial charge in [-0.2, -0.15) is 27.0 Å². The number of nitrogens with one attached hydrogen (secondary N) is 4. The fourth-order valence-electron chi connectivity index (χ4n) is 3.35. The van der Waals surface area contributed by atoms with Crippen molar-refractivity contribution in [3.05, 3.63) is 119 Å². The number of benzene rings is 4. The largest absolute Gasteiger partial charge is 0.412 e. The number of carbonyl (C=O) groups is 4. The highest BCUT2D eigenvalue weighted by Crippen LogP contribution is 2.14. The zero-order valence-electron chi connectivity index (χ0n) is 29.5. The lowest BCUT2D eigenvalue weighted by molar-refractivity contribution is 0.202. The minimum atomic E-state index is -0.444. The fourth-order valence-corrected chi connectivity index (χ4v) is 3.35. The maximum Gasteiger partial charge on any atom is 0.412 e. The standard InChI is InChI=1S/4C9H11NO2.2H2S/c4*1-7-4-3-5-8(6-7)12-9(11)10-2;;/h4*3-6H,1-2H3,(H,10,11);2*1H2. The average molecular weight is 729 g/mol. The third kappa shape index (κ3) is 21.5. The van der Waals surface area contributed by atoms with E-state index >= 15 is 0 Å². The molecular formula is C36H48N4O8S2. The Morgan fingerprint density at radius 3 is 0.700 bits per heavy atom. The van der Waals surface area contributed by atoms with Gasteiger partial charge >= 0.3 is 24.4 Å². The van der Waals surface area contributed by atoms with E-state index in [4.69, 9.17) is 18.9 Å². The SMILES string of the molecule is CNC(=O)Oc1cccc(C)c1.CNC(=O)Oc1cccc(C)c1.CNC(=O)Oc1cccc(C)c1.CNC(=O)Oc1cccc(C)c1.S.S. The second kappa shape index (κ2) is 26.6. The van der Waals surface area contributed by atoms with Gasteiger partial charge in [0, 0.05) is 28.2 Å². The molecule has 4 rings (SSSR count). The van der Waals surface area contributed by atoms with Crippen LogP contribution in [0.2, 0.25) is 0 Å². The number of carbonyl (C=O) groups excluding carboxylic acids is 4. The smallest absolute Gasteiger partial charge is 0.410 e. The van der Waals surface area contributed by atoms with Crippen molar-refractivity contribution < 1.29 is 38.1 Å². The Kier molecular flexibility index (Phi) is 24.9. The summed E-state index contributed by atoms with van der Waals surface area (Å²) in [6, 6.07) is 29.3. The second-order valence-electron chi connectivity index (χ2n) is 9.82. The topological polar surface area (TPSA) is 153 Å². The first-order valence-corrected chi connectivity index (χ1v) is 14.7. The molecule has 0 heterocycles. The quantitative estimate of drug-likeness (QED) is 0.174. The van der Waals surface area contributed by atoms with Crippen LogP contribution in [0.1, 0.15) is 22.3 Å². The van der Waals surface area contributed by atoms with Gasteiger partial charge in [-0.25, -0.2) is 19.2 Å². The van der Waals surface area contributed by atoms with Crippen LogP contribution in [-0.4, -0.2) is 52.6 Å². The molecule has 14 heteroatoms. The van der Waals surface area contributed by atoms with Gasteiger partial charge in [-0.1, -0.05) is 48.5 Å². The third-order valence-electron chi connectivity index (χ3n) is 5.62. The van der Waals surface area contributed by atoms with Crippen LogP contribution in [-0.2, 0) is 0 Å². The maximum atomic E-state index is 10.8. The summed E-state index contributed by atoms with van der Waals surface area (Å²) in [5.41, 5.74) is 4.26. The minimum absolute atomic E-state index is 0. The van der Waals surface area contributed by atoms with Crippen LogP contribution in [0.25, 0.3) is 0 Å². The summed E-state index contributed by atoms with van der Waals surface area (Å²) >= 11 is 0. The number of ether oxygens (including phenoxy) is 4. The van der Waals surface area contributed by atoms with Gasteiger partial charge < -0.3 is 40.2 Å². The van der Waals surface area contributed by atoms with Crippen molar-refractivity contribution >= 4 is 51.4 Å². The Morgan fingerprint density at radius 1 is 0.380 bits per heavy atom. The molecular weight excluding hydrogens is 681 g/mol. The summed E-state index contributed by atoms with van der Waals surface area (Å²) < 4.78 is 19.6. The van der Waals surface area contributed by atoms with E-state index in [1.807, 2.05) is 76.2 Å². The molecule has 272 valence electrons. The van der Waals surface area contributed by atoms with E-state index in [-0.39, 0.29) is 27.0 Å². The predicted molar refractivity (Wildman–Crippen MR) is 206 cm³/mol. The number of amides is 4. The van der Waals surface area contributed by atoms with Gasteiger partial charge in [0.2, 0.25) is 0 Å². The monoisotopic (exact) mass is 728 g/mol. The van der Waals surface area contributed by atoms with Crippen LogP contribution in [0.5, 0.6) is 23.0 Å². The van der Waals surface area contributed by atoms with Crippen molar-refractivity contribution in [1.29, 1.82) is 0 Å². The molecule has 0 aromatic heterocycles. The van der Waals surface area contributed by atoms with Gasteiger partial charge in [-0.15, -0.1) is 0 Å². The second-order valence-corrected chi connectivity index (χ2v) is 9.82. The molecule has 4 aromatic rings. The van der Waals surface area contributed by atoms with Crippen molar-refractivity contribution in [2.24, 2.45) is 0 Å². The molecule has 50 heavy (non-hydrogen) atoms. The molecule has 0 atom stereocenters. The van der Waals surface area contributed by atoms with Gasteiger partial charge in [0.25, 0.3) is 0 Å². The molecule has 12 nitrogen and oxygen atoms in total. The summed E-state index contributed by atoms with van der Waals surface area (Å²) in [6.07, 6.45) is -1.78. The maximum absolute atomic E-state index is 10.8. The molecule has 0 saturated heterocycles. The van der Waals surface area contributed by atoms with E-state index in [1.54, 1.807) is 48.5 Å². The molecule has 0 radical (unpaired) electrons. The van der Waals surface area contributed by atoms with Crippen LogP contribution >= 0.6 is 27.0 Å². The van der Waals surface area contributed by atoms with Crippen molar-refractivity contribution in [3.8, 4) is 23.0 Å². The molecule has 4 aromatic carbocycles. The molecule has 4 N–H and O–H groups in total. The van der Waals surface area contributed by atoms with Crippen LogP contribution in [0.4, 0.5) is 19.2 Å². The summed E-state index contributed by atoms with van der Waals surface area (Å²) in [5, 5.41) is 9.49. The summed E-state index contributed by atoms with van der Waals surface area (Å²) in [5.74, 6) is 2.26. The third-order valence-corrected chi connectivity index (χ3v) is 5.62. The lowest BCUT2D eigenvalue weighted by Gasteiger charge is -2.02. The molecule has 0 aliphatic carbocycles. The highest BCUT2D eigenvalue weighted by molar-refractivity contribution is 7.59. The van der Waals surface area contributed by atoms with E-state index in [1.165, 1.54) is 28.2 Å². The predicted octanol–water partition coefficient (Wildman–Crippen LogP) is 7.08. The Balaban J connectivity index is 0. The molecule has 0 saturated carbocycles. The number of rotatable bonds is 4. The van der Waals surface area contributed by atoms with Gasteiger partial charge in [0.15, 0.2) is 0 Å². The number of hydrogen-bond acceptors (Lipinski definition) is 8. The van der Waals surface area contributed by atoms with E-state index in [9.17, 15) is 19.2 Å². The van der Waals surface area contributed by atoms with Crippen molar-refractivity contribution in [3.63, 3.8) is 0 Å². The van der Waals surface area contributed by atoms with Gasteiger partial charge in [-0.3, -0.25) is 0 Å². The lowest BCUT2D eigenvalue weighted by Crippen LogP contribution is -2.21. The first-order valence-electron chi connectivity index (χ1n) is 14.7. The van der Waals surface area contributed by atoms with Crippen molar-refractivity contribution in [2.45, 2.75) is 27.7 Å². The van der Waals surface area contributed by atoms with Gasteiger partial charge in [0.05, 0.1) is 0 Å². The van der Waals surface area contributed by atoms with E-state index in [0.717, 1.165) is 22.3 Å². The summed E-state index contributed by atoms with van der Waals surface area (Å²) in [7, 11) is 6.10. The number of hydrogen-bond donors (Lipinski definition) is 4. The summed E-state index contributed by atoms with van der Waals surface area (Å²) in [6.45, 7) is 7.76. The molecule has 0 aliphatic heterocycles. The molecule has 0 spiro atoms. The van der Waals surface area contributed by atoms with Crippen LogP contribution < -0.4 is 40.2 Å². The number of aryl methyl sites for hydroxylation is 4. The molecule has 0 unspecified atom stereocenters. The van der Waals surface area contributed by atoms with Gasteiger partial charge in [-0.05, 0) is 98.5 Å². The van der Waals surface area contributed by atoms with Crippen molar-refractivity contribution in [1.82, 2.24) is 21.3 Å². The van der Waals surface area contributed by atoms with Gasteiger partial charge in [0.1, 0.15) is 23.0 Å². The highest BCUT2D eigenvalue weighted by atomic mass is 32.1. The Morgan fingerprint density at radius 2 is 0.560 bits per heavy atom. The highest BCUT2D eigenvalue weighted by Gasteiger charge is 2.02. The first-order chi connectivity index (χ1) is 22.9. The van der Waals surface area contributed by atoms with Crippen LogP contribution in [0, 0.1) is 27.7 Å². The Hall–Kier alpha value is -5.34. The zero-order valence-corrected chi connectivity index (χ0v) is 31.5. The molecule has 4 amide bonds. The first kappa shape index (κ1) is 46.8. The average Bonchev–Trinajstić information content (AvgIpc) is 3.05. The van der Waals surface area contributed by atoms with E-state index < -0.39 is 24.4 Å². The minimum Gasteiger partial charge on any atom is -0.410 e. The Bertz CT molecular complexity index is 1380. The van der Waals surface area contributed by atoms with E-state index in [0.29, 0.717) is 23.0 Å². The Labute approximate surface area is 308 Å². The fraction of sp³-hybridized carbons (Fsp3) is 0.222. The normalized spacial score (nSPS) is 8.80.